The van der Waals surface area contributed by atoms with E-state index >= 15 is 0 Å². The van der Waals surface area contributed by atoms with E-state index in [0.29, 0.717) is 0 Å². The molecule has 0 aromatic heterocycles. The highest BCUT2D eigenvalue weighted by molar-refractivity contribution is 4.99. The van der Waals surface area contributed by atoms with E-state index in [1.54, 1.807) is 0 Å². The third-order valence-corrected chi connectivity index (χ3v) is 8.28. The highest BCUT2D eigenvalue weighted by Crippen LogP contribution is 2.36. The Morgan fingerprint density at radius 3 is 1.56 bits per heavy atom. The van der Waals surface area contributed by atoms with Crippen molar-refractivity contribution in [2.75, 3.05) is 33.0 Å². The monoisotopic (exact) mass is 666 g/mol. The molecule has 0 spiro atoms. The zero-order valence-corrected chi connectivity index (χ0v) is 23.5. The molecule has 21 heteroatoms. The first-order valence-corrected chi connectivity index (χ1v) is 14.1. The minimum Gasteiger partial charge on any atom is -0.394 e. The molecule has 0 aromatic rings. The fourth-order valence-electron chi connectivity index (χ4n) is 5.50. The largest absolute Gasteiger partial charge is 0.394 e. The minimum absolute atomic E-state index is 0.743. The van der Waals surface area contributed by atoms with Crippen LogP contribution in [0.5, 0.6) is 0 Å². The predicted molar refractivity (Wildman–Crippen MR) is 134 cm³/mol. The fourth-order valence-corrected chi connectivity index (χ4v) is 5.50. The number of rotatable bonds is 11. The first kappa shape index (κ1) is 37.0. The molecule has 4 heterocycles. The summed E-state index contributed by atoms with van der Waals surface area (Å²) in [5.41, 5.74) is 0. The average molecular weight is 667 g/mol. The van der Waals surface area contributed by atoms with E-state index in [-0.39, 0.29) is 0 Å². The molecular weight excluding hydrogens is 624 g/mol. The molecule has 0 aliphatic carbocycles. The van der Waals surface area contributed by atoms with Gasteiger partial charge in [-0.1, -0.05) is 0 Å². The van der Waals surface area contributed by atoms with E-state index in [0.717, 1.165) is 0 Å². The molecule has 0 unspecified atom stereocenters. The number of ether oxygens (including phenoxy) is 7. The van der Waals surface area contributed by atoms with Gasteiger partial charge >= 0.3 is 0 Å². The van der Waals surface area contributed by atoms with Crippen molar-refractivity contribution in [2.24, 2.45) is 0 Å². The van der Waals surface area contributed by atoms with E-state index in [1.165, 1.54) is 0 Å². The van der Waals surface area contributed by atoms with Gasteiger partial charge in [-0.2, -0.15) is 0 Å². The lowest BCUT2D eigenvalue weighted by Crippen LogP contribution is -2.65. The third-order valence-electron chi connectivity index (χ3n) is 8.28. The summed E-state index contributed by atoms with van der Waals surface area (Å²) >= 11 is 0. The van der Waals surface area contributed by atoms with Crippen LogP contribution in [-0.4, -0.2) is 221 Å². The lowest BCUT2D eigenvalue weighted by Gasteiger charge is -2.46. The molecule has 19 atom stereocenters. The Balaban J connectivity index is 1.40. The van der Waals surface area contributed by atoms with Crippen LogP contribution in [0.3, 0.4) is 0 Å². The van der Waals surface area contributed by atoms with Gasteiger partial charge in [0.25, 0.3) is 0 Å². The Kier molecular flexibility index (Phi) is 12.5. The first-order valence-electron chi connectivity index (χ1n) is 14.1. The van der Waals surface area contributed by atoms with Crippen LogP contribution in [0.15, 0.2) is 0 Å². The van der Waals surface area contributed by atoms with Crippen molar-refractivity contribution in [1.29, 1.82) is 0 Å². The highest BCUT2D eigenvalue weighted by atomic mass is 16.8. The van der Waals surface area contributed by atoms with E-state index < -0.39 is 149 Å². The van der Waals surface area contributed by atoms with Crippen LogP contribution in [0.2, 0.25) is 0 Å². The van der Waals surface area contributed by atoms with Crippen molar-refractivity contribution in [2.45, 2.75) is 116 Å². The first-order chi connectivity index (χ1) is 21.2. The molecule has 4 aliphatic rings. The molecule has 45 heavy (non-hydrogen) atoms. The van der Waals surface area contributed by atoms with Crippen LogP contribution >= 0.6 is 0 Å². The molecule has 0 aromatic carbocycles. The molecule has 4 aliphatic heterocycles. The smallest absolute Gasteiger partial charge is 0.224 e. The van der Waals surface area contributed by atoms with Crippen molar-refractivity contribution in [3.05, 3.63) is 0 Å². The van der Waals surface area contributed by atoms with Gasteiger partial charge in [0.15, 0.2) is 18.9 Å². The van der Waals surface area contributed by atoms with Crippen molar-refractivity contribution in [1.82, 2.24) is 0 Å². The molecule has 4 fully saturated rings. The molecular formula is C24H42O21. The van der Waals surface area contributed by atoms with Gasteiger partial charge in [0, 0.05) is 0 Å². The maximum Gasteiger partial charge on any atom is 0.224 e. The van der Waals surface area contributed by atoms with Gasteiger partial charge in [0.2, 0.25) is 5.79 Å². The molecule has 0 saturated carbocycles. The summed E-state index contributed by atoms with van der Waals surface area (Å²) in [5.74, 6) is -2.43. The molecule has 0 amide bonds. The molecule has 4 saturated heterocycles. The summed E-state index contributed by atoms with van der Waals surface area (Å²) in [5, 5.41) is 142. The van der Waals surface area contributed by atoms with Gasteiger partial charge in [-0.25, -0.2) is 0 Å². The second-order valence-electron chi connectivity index (χ2n) is 11.2. The van der Waals surface area contributed by atoms with Gasteiger partial charge < -0.3 is 105 Å². The van der Waals surface area contributed by atoms with E-state index in [9.17, 15) is 71.5 Å². The Bertz CT molecular complexity index is 929. The summed E-state index contributed by atoms with van der Waals surface area (Å²) in [4.78, 5) is 0. The average Bonchev–Trinajstić information content (AvgIpc) is 3.28. The second-order valence-corrected chi connectivity index (χ2v) is 11.2. The number of aliphatic hydroxyl groups excluding tert-OH is 14. The van der Waals surface area contributed by atoms with Crippen LogP contribution in [0.4, 0.5) is 0 Å². The van der Waals surface area contributed by atoms with Crippen molar-refractivity contribution < 1.29 is 105 Å². The summed E-state index contributed by atoms with van der Waals surface area (Å²) in [6.45, 7) is -4.27. The van der Waals surface area contributed by atoms with E-state index in [4.69, 9.17) is 33.2 Å². The minimum atomic E-state index is -2.43. The second kappa shape index (κ2) is 15.1. The van der Waals surface area contributed by atoms with E-state index in [1.807, 2.05) is 0 Å². The van der Waals surface area contributed by atoms with Gasteiger partial charge in [-0.3, -0.25) is 0 Å². The predicted octanol–water partition coefficient (Wildman–Crippen LogP) is -9.75. The fraction of sp³-hybridized carbons (Fsp3) is 1.00. The van der Waals surface area contributed by atoms with Crippen LogP contribution in [0.25, 0.3) is 0 Å². The summed E-state index contributed by atoms with van der Waals surface area (Å²) in [6, 6.07) is 0. The SMILES string of the molecule is OC[C@H]1O[C@@](CO)(O[C@H]2O[C@H](CO[C@@H]3O[C@H](CO)[C@@H](O[C@H]4O[C@H](CO)[C@@H](O)[C@H](O)[C@H]4O)[C@H](O)[C@H]3O)[C@@H](O)[C@H](O)[C@H]2O)[C@@H](O)[C@@H]1O. The molecule has 264 valence electrons. The van der Waals surface area contributed by atoms with Gasteiger partial charge in [0.1, 0.15) is 98.2 Å². The lowest BCUT2D eigenvalue weighted by atomic mass is 9.97. The number of hydrogen-bond acceptors (Lipinski definition) is 21. The van der Waals surface area contributed by atoms with Crippen LogP contribution in [0.1, 0.15) is 0 Å². The molecule has 21 nitrogen and oxygen atoms in total. The Hall–Kier alpha value is -0.840. The maximum absolute atomic E-state index is 10.8. The van der Waals surface area contributed by atoms with Crippen molar-refractivity contribution in [3.8, 4) is 0 Å². The normalized spacial score (nSPS) is 52.7. The maximum atomic E-state index is 10.8. The third kappa shape index (κ3) is 7.15. The van der Waals surface area contributed by atoms with Gasteiger partial charge in [0.05, 0.1) is 26.4 Å². The Morgan fingerprint density at radius 1 is 0.489 bits per heavy atom. The number of hydrogen-bond donors (Lipinski definition) is 14. The van der Waals surface area contributed by atoms with Crippen molar-refractivity contribution in [3.63, 3.8) is 0 Å². The van der Waals surface area contributed by atoms with Gasteiger partial charge in [-0.05, 0) is 0 Å². The topological polar surface area (TPSA) is 348 Å². The zero-order valence-electron chi connectivity index (χ0n) is 23.5. The zero-order chi connectivity index (χ0) is 33.4. The Morgan fingerprint density at radius 2 is 1.00 bits per heavy atom. The molecule has 14 N–H and O–H groups in total. The van der Waals surface area contributed by atoms with E-state index in [2.05, 4.69) is 0 Å². The quantitative estimate of drug-likeness (QED) is 0.0973. The molecule has 0 bridgehead atoms. The number of aliphatic hydroxyl groups is 14. The standard InChI is InChI=1S/C24H42O21/c25-1-6-10(29)13(32)16(35)22(40-6)43-19-8(3-27)41-21(18(37)15(19)34)39-4-9-11(30)14(33)17(36)23(42-9)45-24(5-28)20(38)12(31)7(2-26)44-24/h6-23,25-38H,1-5H2/t6-,7-,8-,9-,10-,11-,12-,13+,14+,15-,16-,17-,18-,19-,20+,21-,22-,23-,24+/m1/s1. The molecule has 0 radical (unpaired) electrons. The summed E-state index contributed by atoms with van der Waals surface area (Å²) in [6.07, 6.45) is -31.6. The van der Waals surface area contributed by atoms with Gasteiger partial charge in [-0.15, -0.1) is 0 Å². The van der Waals surface area contributed by atoms with Crippen LogP contribution < -0.4 is 0 Å². The summed E-state index contributed by atoms with van der Waals surface area (Å²) in [7, 11) is 0. The Labute approximate surface area is 254 Å². The lowest BCUT2D eigenvalue weighted by molar-refractivity contribution is -0.390. The molecule has 4 rings (SSSR count). The summed E-state index contributed by atoms with van der Waals surface area (Å²) < 4.78 is 37.7. The van der Waals surface area contributed by atoms with Crippen LogP contribution in [0, 0.1) is 0 Å². The highest BCUT2D eigenvalue weighted by Gasteiger charge is 2.59. The van der Waals surface area contributed by atoms with Crippen molar-refractivity contribution >= 4 is 0 Å². The van der Waals surface area contributed by atoms with Crippen LogP contribution in [-0.2, 0) is 33.2 Å².